The van der Waals surface area contributed by atoms with E-state index in [0.29, 0.717) is 11.4 Å². The predicted molar refractivity (Wildman–Crippen MR) is 208 cm³/mol. The molecule has 0 bridgehead atoms. The van der Waals surface area contributed by atoms with Crippen LogP contribution in [0.1, 0.15) is 90.9 Å². The van der Waals surface area contributed by atoms with Crippen LogP contribution in [-0.2, 0) is 28.7 Å². The van der Waals surface area contributed by atoms with Gasteiger partial charge in [-0.05, 0) is 103 Å². The summed E-state index contributed by atoms with van der Waals surface area (Å²) in [4.78, 5) is 48.3. The number of allylic oxidation sites excluding steroid dienone is 2. The molecule has 1 saturated carbocycles. The second-order valence-electron chi connectivity index (χ2n) is 14.8. The number of carbonyl (C=O) groups is 3. The van der Waals surface area contributed by atoms with E-state index < -0.39 is 42.5 Å². The number of alkyl halides is 3. The number of hydrogen-bond donors (Lipinski definition) is 2. The van der Waals surface area contributed by atoms with Crippen molar-refractivity contribution >= 4 is 29.0 Å². The lowest BCUT2D eigenvalue weighted by Crippen LogP contribution is -2.35. The van der Waals surface area contributed by atoms with Crippen molar-refractivity contribution in [3.63, 3.8) is 0 Å². The highest BCUT2D eigenvalue weighted by molar-refractivity contribution is 5.97. The van der Waals surface area contributed by atoms with E-state index in [2.05, 4.69) is 28.3 Å². The van der Waals surface area contributed by atoms with E-state index in [4.69, 9.17) is 4.74 Å². The van der Waals surface area contributed by atoms with Crippen LogP contribution >= 0.6 is 0 Å². The Morgan fingerprint density at radius 3 is 2.18 bits per heavy atom. The maximum Gasteiger partial charge on any atom is 0.416 e. The molecule has 2 amide bonds. The van der Waals surface area contributed by atoms with Crippen LogP contribution in [0, 0.1) is 17.8 Å². The topological polar surface area (TPSA) is 122 Å². The van der Waals surface area contributed by atoms with Crippen molar-refractivity contribution in [1.29, 1.82) is 0 Å². The maximum atomic E-state index is 13.6. The zero-order chi connectivity index (χ0) is 39.8. The first-order valence-electron chi connectivity index (χ1n) is 19.2. The Labute approximate surface area is 325 Å². The Kier molecular flexibility index (Phi) is 12.9. The van der Waals surface area contributed by atoms with E-state index in [1.807, 2.05) is 24.5 Å². The second-order valence-corrected chi connectivity index (χ2v) is 14.8. The second kappa shape index (κ2) is 18.0. The third kappa shape index (κ3) is 10.2. The molecule has 9 nitrogen and oxygen atoms in total. The third-order valence-corrected chi connectivity index (χ3v) is 11.2. The van der Waals surface area contributed by atoms with Crippen molar-refractivity contribution in [2.24, 2.45) is 17.8 Å². The Morgan fingerprint density at radius 1 is 0.893 bits per heavy atom. The van der Waals surface area contributed by atoms with Gasteiger partial charge in [-0.3, -0.25) is 14.4 Å². The molecule has 12 heteroatoms. The Balaban J connectivity index is 1.04. The number of aliphatic carboxylic acids is 1. The molecule has 2 N–H and O–H groups in total. The largest absolute Gasteiger partial charge is 0.497 e. The van der Waals surface area contributed by atoms with Gasteiger partial charge in [0.15, 0.2) is 5.82 Å². The van der Waals surface area contributed by atoms with E-state index in [-0.39, 0.29) is 29.1 Å². The van der Waals surface area contributed by atoms with Gasteiger partial charge in [-0.15, -0.1) is 0 Å². The fourth-order valence-corrected chi connectivity index (χ4v) is 7.96. The smallest absolute Gasteiger partial charge is 0.416 e. The zero-order valence-electron chi connectivity index (χ0n) is 31.6. The number of nitrogens with zero attached hydrogens (tertiary/aromatic N) is 3. The van der Waals surface area contributed by atoms with E-state index >= 15 is 0 Å². The normalized spacial score (nSPS) is 18.4. The minimum absolute atomic E-state index is 0.0162. The number of amides is 2. The number of methoxy groups -OCH3 is 1. The number of ether oxygens (including phenoxy) is 1. The third-order valence-electron chi connectivity index (χ3n) is 11.2. The van der Waals surface area contributed by atoms with Crippen LogP contribution < -0.4 is 10.1 Å². The molecule has 2 aliphatic carbocycles. The zero-order valence-corrected chi connectivity index (χ0v) is 31.6. The highest BCUT2D eigenvalue weighted by Gasteiger charge is 2.34. The number of anilines is 1. The van der Waals surface area contributed by atoms with E-state index in [1.165, 1.54) is 92.5 Å². The van der Waals surface area contributed by atoms with Gasteiger partial charge >= 0.3 is 12.1 Å². The number of benzene rings is 3. The molecule has 6 rings (SSSR count). The monoisotopic (exact) mass is 768 g/mol. The fourth-order valence-electron chi connectivity index (χ4n) is 7.96. The predicted octanol–water partition coefficient (Wildman–Crippen LogP) is 9.48. The van der Waals surface area contributed by atoms with Gasteiger partial charge < -0.3 is 20.1 Å². The van der Waals surface area contributed by atoms with Gasteiger partial charge in [0.25, 0.3) is 5.91 Å². The molecule has 4 aromatic rings. The summed E-state index contributed by atoms with van der Waals surface area (Å²) in [6.45, 7) is 1.77. The standard InChI is InChI=1S/C44H47F3N4O5/c1-3-28-4-8-30(9-5-28)31-12-14-32(15-13-31)36-24-48-42(49-25-36)33-10-6-29(7-11-33)26-51(27-41(53)54)43(55)34-16-19-37(20-17-34)50-40(52)22-35-18-21-38(56-2)23-39(35)44(45,46)47/h6-7,10-11,14,16-21,23-25,28,30-31H,3-5,8-9,12-13,15,22,26-27H2,1-2H3,(H,50,52)(H,53,54)/t28-,30-,31?. The summed E-state index contributed by atoms with van der Waals surface area (Å²) in [5.41, 5.74) is 3.08. The molecule has 1 atom stereocenters. The lowest BCUT2D eigenvalue weighted by Gasteiger charge is -2.35. The highest BCUT2D eigenvalue weighted by Crippen LogP contribution is 2.42. The molecular weight excluding hydrogens is 722 g/mol. The number of hydrogen-bond acceptors (Lipinski definition) is 6. The molecular formula is C44H47F3N4O5. The van der Waals surface area contributed by atoms with Gasteiger partial charge in [-0.1, -0.05) is 62.6 Å². The molecule has 56 heavy (non-hydrogen) atoms. The summed E-state index contributed by atoms with van der Waals surface area (Å²) in [6.07, 6.45) is 11.1. The summed E-state index contributed by atoms with van der Waals surface area (Å²) in [6, 6.07) is 16.4. The lowest BCUT2D eigenvalue weighted by atomic mass is 9.71. The van der Waals surface area contributed by atoms with Crippen LogP contribution in [0.3, 0.4) is 0 Å². The molecule has 0 radical (unpaired) electrons. The number of aromatic nitrogens is 2. The highest BCUT2D eigenvalue weighted by atomic mass is 19.4. The lowest BCUT2D eigenvalue weighted by molar-refractivity contribution is -0.139. The maximum absolute atomic E-state index is 13.6. The van der Waals surface area contributed by atoms with E-state index in [9.17, 15) is 32.7 Å². The summed E-state index contributed by atoms with van der Waals surface area (Å²) in [5.74, 6) is 0.699. The summed E-state index contributed by atoms with van der Waals surface area (Å²) < 4.78 is 45.7. The average molecular weight is 769 g/mol. The van der Waals surface area contributed by atoms with Gasteiger partial charge in [0.1, 0.15) is 12.3 Å². The fraction of sp³-hybridized carbons (Fsp3) is 0.386. The van der Waals surface area contributed by atoms with Gasteiger partial charge in [-0.25, -0.2) is 9.97 Å². The number of halogens is 3. The quantitative estimate of drug-likeness (QED) is 0.139. The first-order chi connectivity index (χ1) is 26.9. The number of carbonyl (C=O) groups excluding carboxylic acids is 2. The van der Waals surface area contributed by atoms with Crippen LogP contribution in [-0.4, -0.2) is 51.4 Å². The van der Waals surface area contributed by atoms with Crippen LogP contribution in [0.2, 0.25) is 0 Å². The van der Waals surface area contributed by atoms with Crippen LogP contribution in [0.25, 0.3) is 17.0 Å². The van der Waals surface area contributed by atoms with Crippen molar-refractivity contribution in [3.8, 4) is 17.1 Å². The first-order valence-corrected chi connectivity index (χ1v) is 19.2. The Hall–Kier alpha value is -5.52. The van der Waals surface area contributed by atoms with E-state index in [0.717, 1.165) is 47.8 Å². The molecule has 1 heterocycles. The molecule has 3 aromatic carbocycles. The molecule has 294 valence electrons. The van der Waals surface area contributed by atoms with E-state index in [1.54, 1.807) is 12.1 Å². The molecule has 2 aliphatic rings. The SMILES string of the molecule is CC[C@H]1CC[C@H](C2CC=C(c3cnc(-c4ccc(CN(CC(=O)O)C(=O)c5ccc(NC(=O)Cc6ccc(OC)cc6C(F)(F)F)cc5)cc4)nc3)CC2)CC1. The minimum atomic E-state index is -4.68. The van der Waals surface area contributed by atoms with Gasteiger partial charge in [-0.2, -0.15) is 13.2 Å². The number of carboxylic acid groups (broad SMARTS) is 1. The molecule has 1 aromatic heterocycles. The first kappa shape index (κ1) is 40.2. The molecule has 0 spiro atoms. The van der Waals surface area contributed by atoms with Crippen molar-refractivity contribution in [2.45, 2.75) is 77.4 Å². The van der Waals surface area contributed by atoms with Crippen molar-refractivity contribution in [2.75, 3.05) is 19.0 Å². The van der Waals surface area contributed by atoms with Crippen LogP contribution in [0.15, 0.2) is 85.2 Å². The Bertz CT molecular complexity index is 2020. The number of rotatable bonds is 13. The molecule has 0 saturated heterocycles. The van der Waals surface area contributed by atoms with Gasteiger partial charge in [0.2, 0.25) is 5.91 Å². The molecule has 1 unspecified atom stereocenters. The average Bonchev–Trinajstić information content (AvgIpc) is 3.20. The number of carboxylic acids is 1. The Morgan fingerprint density at radius 2 is 1.59 bits per heavy atom. The van der Waals surface area contributed by atoms with Gasteiger partial charge in [0, 0.05) is 41.3 Å². The van der Waals surface area contributed by atoms with Crippen LogP contribution in [0.5, 0.6) is 5.75 Å². The molecule has 1 fully saturated rings. The summed E-state index contributed by atoms with van der Waals surface area (Å²) >= 11 is 0. The van der Waals surface area contributed by atoms with Crippen LogP contribution in [0.4, 0.5) is 18.9 Å². The molecule has 0 aliphatic heterocycles. The minimum Gasteiger partial charge on any atom is -0.497 e. The number of nitrogens with one attached hydrogen (secondary N) is 1. The summed E-state index contributed by atoms with van der Waals surface area (Å²) in [7, 11) is 1.25. The van der Waals surface area contributed by atoms with Crippen molar-refractivity contribution in [3.05, 3.63) is 113 Å². The summed E-state index contributed by atoms with van der Waals surface area (Å²) in [5, 5.41) is 12.1. The van der Waals surface area contributed by atoms with Crippen molar-refractivity contribution in [1.82, 2.24) is 14.9 Å². The van der Waals surface area contributed by atoms with Crippen molar-refractivity contribution < 1.29 is 37.4 Å². The van der Waals surface area contributed by atoms with Gasteiger partial charge in [0.05, 0.1) is 19.1 Å².